The predicted molar refractivity (Wildman–Crippen MR) is 77.5 cm³/mol. The van der Waals surface area contributed by atoms with Crippen LogP contribution in [0.5, 0.6) is 0 Å². The molecule has 4 atom stereocenters. The Morgan fingerprint density at radius 3 is 3.00 bits per heavy atom. The molecule has 2 aromatic rings. The normalized spacial score (nSPS) is 31.5. The van der Waals surface area contributed by atoms with Gasteiger partial charge in [0.15, 0.2) is 6.23 Å². The standard InChI is InChI=1S/C14H16N4O4/c1-3-14(21-2)10(20)9(6-19)22-13(14)18-5-4-8-11(15)16-7-17-12(8)18/h1,4-5,7,9-10,13,19-20H,6H2,2H3,(H2,15,16,17). The fourth-order valence-electron chi connectivity index (χ4n) is 2.80. The summed E-state index contributed by atoms with van der Waals surface area (Å²) in [6, 6.07) is 1.73. The van der Waals surface area contributed by atoms with Crippen molar-refractivity contribution in [2.24, 2.45) is 0 Å². The molecule has 1 aliphatic rings. The molecule has 4 unspecified atom stereocenters. The van der Waals surface area contributed by atoms with Crippen LogP contribution < -0.4 is 5.73 Å². The number of aliphatic hydroxyl groups is 2. The highest BCUT2D eigenvalue weighted by molar-refractivity contribution is 5.86. The molecule has 3 rings (SSSR count). The highest BCUT2D eigenvalue weighted by atomic mass is 16.6. The number of aliphatic hydroxyl groups excluding tert-OH is 2. The van der Waals surface area contributed by atoms with Crippen LogP contribution in [0, 0.1) is 12.3 Å². The van der Waals surface area contributed by atoms with Crippen molar-refractivity contribution in [1.82, 2.24) is 14.5 Å². The molecule has 116 valence electrons. The Labute approximate surface area is 126 Å². The highest BCUT2D eigenvalue weighted by Gasteiger charge is 2.57. The molecule has 1 aliphatic heterocycles. The molecule has 0 spiro atoms. The first-order valence-electron chi connectivity index (χ1n) is 6.63. The van der Waals surface area contributed by atoms with Crippen molar-refractivity contribution in [1.29, 1.82) is 0 Å². The minimum Gasteiger partial charge on any atom is -0.394 e. The summed E-state index contributed by atoms with van der Waals surface area (Å²) in [5.74, 6) is 2.78. The Bertz CT molecular complexity index is 740. The average Bonchev–Trinajstić information content (AvgIpc) is 3.07. The molecule has 0 saturated carbocycles. The van der Waals surface area contributed by atoms with E-state index in [1.807, 2.05) is 0 Å². The number of nitrogen functional groups attached to an aromatic ring is 1. The zero-order valence-electron chi connectivity index (χ0n) is 11.9. The number of nitrogens with two attached hydrogens (primary N) is 1. The van der Waals surface area contributed by atoms with E-state index >= 15 is 0 Å². The van der Waals surface area contributed by atoms with Crippen LogP contribution in [0.25, 0.3) is 11.0 Å². The molecule has 2 aromatic heterocycles. The van der Waals surface area contributed by atoms with Gasteiger partial charge in [-0.25, -0.2) is 9.97 Å². The fourth-order valence-corrected chi connectivity index (χ4v) is 2.80. The number of anilines is 1. The number of nitrogens with zero attached hydrogens (tertiary/aromatic N) is 3. The molecule has 0 aliphatic carbocycles. The number of methoxy groups -OCH3 is 1. The van der Waals surface area contributed by atoms with E-state index in [-0.39, 0.29) is 6.61 Å². The lowest BCUT2D eigenvalue weighted by atomic mass is 9.94. The zero-order chi connectivity index (χ0) is 15.9. The number of rotatable bonds is 3. The molecule has 0 radical (unpaired) electrons. The average molecular weight is 304 g/mol. The molecule has 8 nitrogen and oxygen atoms in total. The third-order valence-corrected chi connectivity index (χ3v) is 4.00. The summed E-state index contributed by atoms with van der Waals surface area (Å²) in [5, 5.41) is 20.4. The quantitative estimate of drug-likeness (QED) is 0.641. The summed E-state index contributed by atoms with van der Waals surface area (Å²) in [6.07, 6.45) is 5.69. The number of ether oxygens (including phenoxy) is 2. The van der Waals surface area contributed by atoms with Crippen molar-refractivity contribution < 1.29 is 19.7 Å². The van der Waals surface area contributed by atoms with Gasteiger partial charge in [-0.1, -0.05) is 5.92 Å². The summed E-state index contributed by atoms with van der Waals surface area (Å²) in [6.45, 7) is -0.388. The van der Waals surface area contributed by atoms with Gasteiger partial charge in [0.1, 0.15) is 30.0 Å². The Morgan fingerprint density at radius 1 is 1.59 bits per heavy atom. The van der Waals surface area contributed by atoms with Crippen molar-refractivity contribution in [2.75, 3.05) is 19.5 Å². The summed E-state index contributed by atoms with van der Waals surface area (Å²) in [7, 11) is 1.38. The molecule has 1 fully saturated rings. The van der Waals surface area contributed by atoms with Crippen molar-refractivity contribution in [3.05, 3.63) is 18.6 Å². The molecular weight excluding hydrogens is 288 g/mol. The van der Waals surface area contributed by atoms with Crippen LogP contribution in [0.2, 0.25) is 0 Å². The maximum absolute atomic E-state index is 10.4. The number of fused-ring (bicyclic) bond motifs is 1. The van der Waals surface area contributed by atoms with Gasteiger partial charge < -0.3 is 30.0 Å². The molecule has 0 amide bonds. The Balaban J connectivity index is 2.16. The van der Waals surface area contributed by atoms with E-state index in [1.54, 1.807) is 16.8 Å². The van der Waals surface area contributed by atoms with Crippen molar-refractivity contribution in [2.45, 2.75) is 24.0 Å². The van der Waals surface area contributed by atoms with Gasteiger partial charge in [0.2, 0.25) is 5.60 Å². The second-order valence-electron chi connectivity index (χ2n) is 5.02. The minimum absolute atomic E-state index is 0.324. The van der Waals surface area contributed by atoms with Crippen LogP contribution >= 0.6 is 0 Å². The Morgan fingerprint density at radius 2 is 2.36 bits per heavy atom. The van der Waals surface area contributed by atoms with Crippen LogP contribution in [0.3, 0.4) is 0 Å². The second-order valence-corrected chi connectivity index (χ2v) is 5.02. The van der Waals surface area contributed by atoms with E-state index in [0.29, 0.717) is 16.9 Å². The third kappa shape index (κ3) is 1.81. The molecule has 4 N–H and O–H groups in total. The maximum Gasteiger partial charge on any atom is 0.201 e. The van der Waals surface area contributed by atoms with Gasteiger partial charge in [0.25, 0.3) is 0 Å². The van der Waals surface area contributed by atoms with Gasteiger partial charge in [0.05, 0.1) is 12.0 Å². The minimum atomic E-state index is -1.45. The zero-order valence-corrected chi connectivity index (χ0v) is 11.9. The van der Waals surface area contributed by atoms with E-state index in [2.05, 4.69) is 15.9 Å². The monoisotopic (exact) mass is 304 g/mol. The van der Waals surface area contributed by atoms with Gasteiger partial charge >= 0.3 is 0 Å². The van der Waals surface area contributed by atoms with E-state index in [4.69, 9.17) is 21.6 Å². The molecule has 0 bridgehead atoms. The lowest BCUT2D eigenvalue weighted by Crippen LogP contribution is -2.47. The number of terminal acetylenes is 1. The van der Waals surface area contributed by atoms with E-state index in [9.17, 15) is 10.2 Å². The van der Waals surface area contributed by atoms with Crippen LogP contribution in [0.1, 0.15) is 6.23 Å². The van der Waals surface area contributed by atoms with Crippen LogP contribution in [-0.2, 0) is 9.47 Å². The van der Waals surface area contributed by atoms with Gasteiger partial charge in [-0.15, -0.1) is 6.42 Å². The van der Waals surface area contributed by atoms with E-state index in [1.165, 1.54) is 13.4 Å². The van der Waals surface area contributed by atoms with Gasteiger partial charge in [0, 0.05) is 13.3 Å². The first-order valence-corrected chi connectivity index (χ1v) is 6.63. The largest absolute Gasteiger partial charge is 0.394 e. The predicted octanol–water partition coefficient (Wildman–Crippen LogP) is -0.718. The fraction of sp³-hybridized carbons (Fsp3) is 0.429. The summed E-state index contributed by atoms with van der Waals surface area (Å²) < 4.78 is 12.7. The Kier molecular flexibility index (Phi) is 3.50. The Hall–Kier alpha value is -2.18. The van der Waals surface area contributed by atoms with Crippen molar-refractivity contribution in [3.8, 4) is 12.3 Å². The lowest BCUT2D eigenvalue weighted by molar-refractivity contribution is -0.0927. The first-order chi connectivity index (χ1) is 10.6. The van der Waals surface area contributed by atoms with Crippen LogP contribution in [0.4, 0.5) is 5.82 Å². The van der Waals surface area contributed by atoms with Gasteiger partial charge in [-0.3, -0.25) is 0 Å². The summed E-state index contributed by atoms with van der Waals surface area (Å²) in [5.41, 5.74) is 4.87. The van der Waals surface area contributed by atoms with Crippen molar-refractivity contribution in [3.63, 3.8) is 0 Å². The number of hydrogen-bond donors (Lipinski definition) is 3. The first kappa shape index (κ1) is 14.7. The number of hydrogen-bond acceptors (Lipinski definition) is 7. The second kappa shape index (κ2) is 5.23. The molecule has 22 heavy (non-hydrogen) atoms. The molecule has 3 heterocycles. The van der Waals surface area contributed by atoms with Crippen LogP contribution in [0.15, 0.2) is 18.6 Å². The smallest absolute Gasteiger partial charge is 0.201 e. The maximum atomic E-state index is 10.4. The lowest BCUT2D eigenvalue weighted by Gasteiger charge is -2.30. The molecule has 8 heteroatoms. The molecular formula is C14H16N4O4. The van der Waals surface area contributed by atoms with E-state index in [0.717, 1.165) is 0 Å². The summed E-state index contributed by atoms with van der Waals surface area (Å²) >= 11 is 0. The summed E-state index contributed by atoms with van der Waals surface area (Å²) in [4.78, 5) is 8.10. The molecule has 1 saturated heterocycles. The number of aromatic nitrogens is 3. The highest BCUT2D eigenvalue weighted by Crippen LogP contribution is 2.42. The van der Waals surface area contributed by atoms with Crippen LogP contribution in [-0.4, -0.2) is 56.3 Å². The van der Waals surface area contributed by atoms with E-state index < -0.39 is 24.0 Å². The SMILES string of the molecule is C#CC1(OC)C(O)C(CO)OC1n1ccc2c(N)ncnc21. The third-order valence-electron chi connectivity index (χ3n) is 4.00. The van der Waals surface area contributed by atoms with Gasteiger partial charge in [-0.05, 0) is 6.07 Å². The van der Waals surface area contributed by atoms with Gasteiger partial charge in [-0.2, -0.15) is 0 Å². The topological polar surface area (TPSA) is 116 Å². The molecule has 0 aromatic carbocycles. The van der Waals surface area contributed by atoms with Crippen molar-refractivity contribution >= 4 is 16.9 Å².